The maximum Gasteiger partial charge on any atom is 0.331 e. The second-order valence-corrected chi connectivity index (χ2v) is 3.78. The first-order chi connectivity index (χ1) is 7.56. The van der Waals surface area contributed by atoms with Crippen LogP contribution in [0, 0.1) is 0 Å². The highest BCUT2D eigenvalue weighted by Gasteiger charge is 2.11. The first-order valence-electron chi connectivity index (χ1n) is 5.72. The summed E-state index contributed by atoms with van der Waals surface area (Å²) >= 11 is 0. The Labute approximate surface area is 97.9 Å². The Morgan fingerprint density at radius 3 is 2.50 bits per heavy atom. The molecule has 0 heterocycles. The van der Waals surface area contributed by atoms with Crippen LogP contribution in [0.1, 0.15) is 27.2 Å². The van der Waals surface area contributed by atoms with E-state index in [0.717, 1.165) is 6.54 Å². The lowest BCUT2D eigenvalue weighted by atomic mass is 10.2. The standard InChI is InChI=1S/C12H23NO3/c1-5-11(12(14)15)7-8-13(6-2)10(3)9-16-4/h7,10H,5-6,8-9H2,1-4H3,(H,14,15). The van der Waals surface area contributed by atoms with Crippen LogP contribution in [-0.4, -0.2) is 48.8 Å². The molecule has 0 saturated carbocycles. The number of aliphatic carboxylic acids is 1. The lowest BCUT2D eigenvalue weighted by Gasteiger charge is -2.26. The van der Waals surface area contributed by atoms with Gasteiger partial charge in [0.1, 0.15) is 0 Å². The topological polar surface area (TPSA) is 49.8 Å². The SMILES string of the molecule is CCC(=CCN(CC)C(C)COC)C(=O)O. The number of carbonyl (C=O) groups is 1. The van der Waals surface area contributed by atoms with Crippen molar-refractivity contribution in [2.24, 2.45) is 0 Å². The maximum absolute atomic E-state index is 10.8. The second-order valence-electron chi connectivity index (χ2n) is 3.78. The van der Waals surface area contributed by atoms with Crippen molar-refractivity contribution >= 4 is 5.97 Å². The molecule has 0 amide bonds. The molecule has 4 heteroatoms. The molecule has 1 atom stereocenters. The summed E-state index contributed by atoms with van der Waals surface area (Å²) in [6.07, 6.45) is 2.35. The summed E-state index contributed by atoms with van der Waals surface area (Å²) in [5.41, 5.74) is 0.475. The van der Waals surface area contributed by atoms with Crippen molar-refractivity contribution in [1.29, 1.82) is 0 Å². The number of carboxylic acid groups (broad SMARTS) is 1. The molecule has 16 heavy (non-hydrogen) atoms. The van der Waals surface area contributed by atoms with Crippen LogP contribution in [0.2, 0.25) is 0 Å². The van der Waals surface area contributed by atoms with Crippen LogP contribution < -0.4 is 0 Å². The van der Waals surface area contributed by atoms with E-state index >= 15 is 0 Å². The van der Waals surface area contributed by atoms with E-state index in [2.05, 4.69) is 18.7 Å². The van der Waals surface area contributed by atoms with Crippen molar-refractivity contribution < 1.29 is 14.6 Å². The van der Waals surface area contributed by atoms with Gasteiger partial charge in [0.05, 0.1) is 6.61 Å². The fourth-order valence-corrected chi connectivity index (χ4v) is 1.58. The van der Waals surface area contributed by atoms with E-state index in [1.807, 2.05) is 6.92 Å². The third kappa shape index (κ3) is 5.28. The summed E-state index contributed by atoms with van der Waals surface area (Å²) in [4.78, 5) is 13.0. The predicted molar refractivity (Wildman–Crippen MR) is 64.6 cm³/mol. The molecule has 0 radical (unpaired) electrons. The summed E-state index contributed by atoms with van der Waals surface area (Å²) in [5.74, 6) is -0.821. The highest BCUT2D eigenvalue weighted by Crippen LogP contribution is 2.04. The van der Waals surface area contributed by atoms with E-state index in [1.54, 1.807) is 13.2 Å². The monoisotopic (exact) mass is 229 g/mol. The average molecular weight is 229 g/mol. The third-order valence-corrected chi connectivity index (χ3v) is 2.67. The van der Waals surface area contributed by atoms with Crippen molar-refractivity contribution in [2.45, 2.75) is 33.2 Å². The van der Waals surface area contributed by atoms with Gasteiger partial charge in [-0.3, -0.25) is 4.90 Å². The van der Waals surface area contributed by atoms with Gasteiger partial charge in [-0.05, 0) is 19.9 Å². The molecule has 0 aromatic rings. The van der Waals surface area contributed by atoms with Crippen LogP contribution in [0.15, 0.2) is 11.6 Å². The van der Waals surface area contributed by atoms with Gasteiger partial charge in [-0.25, -0.2) is 4.79 Å². The van der Waals surface area contributed by atoms with Crippen molar-refractivity contribution in [1.82, 2.24) is 4.90 Å². The van der Waals surface area contributed by atoms with Crippen LogP contribution in [0.25, 0.3) is 0 Å². The first-order valence-corrected chi connectivity index (χ1v) is 5.72. The summed E-state index contributed by atoms with van der Waals surface area (Å²) in [7, 11) is 1.68. The zero-order valence-corrected chi connectivity index (χ0v) is 10.7. The minimum absolute atomic E-state index is 0.304. The fourth-order valence-electron chi connectivity index (χ4n) is 1.58. The minimum Gasteiger partial charge on any atom is -0.478 e. The number of ether oxygens (including phenoxy) is 1. The summed E-state index contributed by atoms with van der Waals surface area (Å²) < 4.78 is 5.09. The lowest BCUT2D eigenvalue weighted by molar-refractivity contribution is -0.132. The van der Waals surface area contributed by atoms with Crippen LogP contribution in [0.5, 0.6) is 0 Å². The first kappa shape index (κ1) is 15.1. The molecule has 94 valence electrons. The van der Waals surface area contributed by atoms with E-state index in [1.165, 1.54) is 0 Å². The fraction of sp³-hybridized carbons (Fsp3) is 0.750. The molecule has 0 aromatic carbocycles. The highest BCUT2D eigenvalue weighted by atomic mass is 16.5. The van der Waals surface area contributed by atoms with Gasteiger partial charge >= 0.3 is 5.97 Å². The molecule has 4 nitrogen and oxygen atoms in total. The Hall–Kier alpha value is -0.870. The van der Waals surface area contributed by atoms with Gasteiger partial charge < -0.3 is 9.84 Å². The Kier molecular flexibility index (Phi) is 7.85. The molecule has 0 aliphatic heterocycles. The molecule has 0 bridgehead atoms. The van der Waals surface area contributed by atoms with Gasteiger partial charge in [-0.1, -0.05) is 19.9 Å². The summed E-state index contributed by atoms with van der Waals surface area (Å²) in [6, 6.07) is 0.304. The third-order valence-electron chi connectivity index (χ3n) is 2.67. The second kappa shape index (κ2) is 8.30. The highest BCUT2D eigenvalue weighted by molar-refractivity contribution is 5.86. The normalized spacial score (nSPS) is 14.2. The smallest absolute Gasteiger partial charge is 0.331 e. The van der Waals surface area contributed by atoms with E-state index < -0.39 is 5.97 Å². The van der Waals surface area contributed by atoms with E-state index in [4.69, 9.17) is 9.84 Å². The molecular weight excluding hydrogens is 206 g/mol. The molecule has 0 fully saturated rings. The van der Waals surface area contributed by atoms with Crippen molar-refractivity contribution in [2.75, 3.05) is 26.8 Å². The van der Waals surface area contributed by atoms with Crippen LogP contribution in [0.3, 0.4) is 0 Å². The Morgan fingerprint density at radius 1 is 1.50 bits per heavy atom. The van der Waals surface area contributed by atoms with E-state index in [-0.39, 0.29) is 0 Å². The number of hydrogen-bond donors (Lipinski definition) is 1. The van der Waals surface area contributed by atoms with E-state index in [0.29, 0.717) is 31.2 Å². The molecule has 0 aromatic heterocycles. The zero-order valence-electron chi connectivity index (χ0n) is 10.7. The largest absolute Gasteiger partial charge is 0.478 e. The molecule has 1 unspecified atom stereocenters. The van der Waals surface area contributed by atoms with Gasteiger partial charge in [0.25, 0.3) is 0 Å². The number of rotatable bonds is 8. The Bertz CT molecular complexity index is 238. The Morgan fingerprint density at radius 2 is 2.12 bits per heavy atom. The summed E-state index contributed by atoms with van der Waals surface area (Å²) in [5, 5.41) is 8.89. The number of methoxy groups -OCH3 is 1. The van der Waals surface area contributed by atoms with Gasteiger partial charge in [-0.15, -0.1) is 0 Å². The molecular formula is C12H23NO3. The number of hydrogen-bond acceptors (Lipinski definition) is 3. The van der Waals surface area contributed by atoms with Crippen LogP contribution in [0.4, 0.5) is 0 Å². The van der Waals surface area contributed by atoms with Crippen molar-refractivity contribution in [3.05, 3.63) is 11.6 Å². The molecule has 0 aliphatic rings. The molecule has 0 spiro atoms. The van der Waals surface area contributed by atoms with Crippen LogP contribution in [-0.2, 0) is 9.53 Å². The summed E-state index contributed by atoms with van der Waals surface area (Å²) in [6.45, 7) is 8.21. The van der Waals surface area contributed by atoms with Gasteiger partial charge in [0.2, 0.25) is 0 Å². The van der Waals surface area contributed by atoms with Gasteiger partial charge in [0, 0.05) is 25.3 Å². The predicted octanol–water partition coefficient (Wildman–Crippen LogP) is 1.76. The molecule has 0 rings (SSSR count). The average Bonchev–Trinajstić information content (AvgIpc) is 2.24. The van der Waals surface area contributed by atoms with Crippen LogP contribution >= 0.6 is 0 Å². The lowest BCUT2D eigenvalue weighted by Crippen LogP contribution is -2.36. The van der Waals surface area contributed by atoms with Crippen molar-refractivity contribution in [3.63, 3.8) is 0 Å². The number of carboxylic acids is 1. The minimum atomic E-state index is -0.821. The maximum atomic E-state index is 10.8. The molecule has 1 N–H and O–H groups in total. The molecule has 0 saturated heterocycles. The number of likely N-dealkylation sites (N-methyl/N-ethyl adjacent to an activating group) is 1. The van der Waals surface area contributed by atoms with Crippen molar-refractivity contribution in [3.8, 4) is 0 Å². The Balaban J connectivity index is 4.36. The van der Waals surface area contributed by atoms with Gasteiger partial charge in [-0.2, -0.15) is 0 Å². The zero-order chi connectivity index (χ0) is 12.6. The van der Waals surface area contributed by atoms with Gasteiger partial charge in [0.15, 0.2) is 0 Å². The quantitative estimate of drug-likeness (QED) is 0.644. The number of nitrogens with zero attached hydrogens (tertiary/aromatic N) is 1. The molecule has 0 aliphatic carbocycles. The van der Waals surface area contributed by atoms with E-state index in [9.17, 15) is 4.79 Å².